The van der Waals surface area contributed by atoms with Crippen molar-refractivity contribution in [2.75, 3.05) is 6.54 Å². The monoisotopic (exact) mass is 273 g/mol. The number of hydrogen-bond donors (Lipinski definition) is 0. The van der Waals surface area contributed by atoms with Crippen molar-refractivity contribution in [3.63, 3.8) is 0 Å². The lowest BCUT2D eigenvalue weighted by Gasteiger charge is -2.28. The van der Waals surface area contributed by atoms with Gasteiger partial charge in [0.15, 0.2) is 0 Å². The zero-order valence-corrected chi connectivity index (χ0v) is 12.1. The van der Waals surface area contributed by atoms with E-state index in [2.05, 4.69) is 4.98 Å². The molecule has 0 bridgehead atoms. The van der Waals surface area contributed by atoms with Crippen molar-refractivity contribution in [1.29, 1.82) is 5.26 Å². The topological polar surface area (TPSA) is 66.2 Å². The summed E-state index contributed by atoms with van der Waals surface area (Å²) in [6.07, 6.45) is 3.14. The number of ether oxygens (including phenoxy) is 1. The Labute approximate surface area is 119 Å². The minimum atomic E-state index is -0.500. The molecule has 5 heteroatoms. The number of carbonyl (C=O) groups excluding carboxylic acids is 1. The van der Waals surface area contributed by atoms with Crippen LogP contribution in [0.5, 0.6) is 0 Å². The third kappa shape index (κ3) is 3.27. The van der Waals surface area contributed by atoms with E-state index in [0.29, 0.717) is 12.2 Å². The Morgan fingerprint density at radius 1 is 1.55 bits per heavy atom. The number of carbonyl (C=O) groups is 1. The predicted molar refractivity (Wildman–Crippen MR) is 73.9 cm³/mol. The first-order valence-corrected chi connectivity index (χ1v) is 6.76. The Balaban J connectivity index is 2.19. The van der Waals surface area contributed by atoms with E-state index in [4.69, 9.17) is 10.00 Å². The Hall–Kier alpha value is -2.09. The average molecular weight is 273 g/mol. The van der Waals surface area contributed by atoms with Crippen molar-refractivity contribution in [3.8, 4) is 6.07 Å². The third-order valence-electron chi connectivity index (χ3n) is 3.16. The van der Waals surface area contributed by atoms with Gasteiger partial charge in [-0.1, -0.05) is 0 Å². The molecule has 5 nitrogen and oxygen atoms in total. The minimum absolute atomic E-state index is 0.0278. The Kier molecular flexibility index (Phi) is 3.93. The van der Waals surface area contributed by atoms with Crippen LogP contribution in [0.1, 0.15) is 50.9 Å². The summed E-state index contributed by atoms with van der Waals surface area (Å²) in [7, 11) is 0. The van der Waals surface area contributed by atoms with E-state index < -0.39 is 5.60 Å². The zero-order chi connectivity index (χ0) is 14.8. The molecule has 0 saturated carbocycles. The molecule has 0 N–H and O–H groups in total. The smallest absolute Gasteiger partial charge is 0.410 e. The molecule has 106 valence electrons. The SMILES string of the molecule is CC(C)(C)OC(=O)N1CCCC1c1ccnc(C#N)c1. The summed E-state index contributed by atoms with van der Waals surface area (Å²) < 4.78 is 5.44. The fourth-order valence-corrected chi connectivity index (χ4v) is 2.37. The van der Waals surface area contributed by atoms with Crippen LogP contribution in [0, 0.1) is 11.3 Å². The Morgan fingerprint density at radius 3 is 2.95 bits per heavy atom. The van der Waals surface area contributed by atoms with Crippen molar-refractivity contribution >= 4 is 6.09 Å². The number of nitrogens with zero attached hydrogens (tertiary/aromatic N) is 3. The minimum Gasteiger partial charge on any atom is -0.444 e. The summed E-state index contributed by atoms with van der Waals surface area (Å²) in [5.41, 5.74) is 0.818. The molecule has 2 rings (SSSR count). The van der Waals surface area contributed by atoms with Gasteiger partial charge in [-0.3, -0.25) is 0 Å². The second kappa shape index (κ2) is 5.49. The number of rotatable bonds is 1. The largest absolute Gasteiger partial charge is 0.444 e. The highest BCUT2D eigenvalue weighted by Gasteiger charge is 2.33. The highest BCUT2D eigenvalue weighted by Crippen LogP contribution is 2.33. The van der Waals surface area contributed by atoms with Crippen LogP contribution < -0.4 is 0 Å². The van der Waals surface area contributed by atoms with E-state index in [-0.39, 0.29) is 12.1 Å². The van der Waals surface area contributed by atoms with Crippen LogP contribution in [0.15, 0.2) is 18.3 Å². The van der Waals surface area contributed by atoms with Crippen LogP contribution in [0.3, 0.4) is 0 Å². The van der Waals surface area contributed by atoms with E-state index in [0.717, 1.165) is 18.4 Å². The number of pyridine rings is 1. The first-order chi connectivity index (χ1) is 9.40. The van der Waals surface area contributed by atoms with E-state index >= 15 is 0 Å². The molecule has 20 heavy (non-hydrogen) atoms. The molecule has 1 aliphatic rings. The van der Waals surface area contributed by atoms with Gasteiger partial charge in [-0.25, -0.2) is 9.78 Å². The van der Waals surface area contributed by atoms with Crippen LogP contribution in [0.4, 0.5) is 4.79 Å². The first-order valence-electron chi connectivity index (χ1n) is 6.76. The van der Waals surface area contributed by atoms with Crippen LogP contribution in [0.2, 0.25) is 0 Å². The first kappa shape index (κ1) is 14.3. The van der Waals surface area contributed by atoms with Gasteiger partial charge in [-0.2, -0.15) is 5.26 Å². The van der Waals surface area contributed by atoms with Gasteiger partial charge < -0.3 is 9.64 Å². The van der Waals surface area contributed by atoms with Gasteiger partial charge in [-0.15, -0.1) is 0 Å². The van der Waals surface area contributed by atoms with Gasteiger partial charge in [0.05, 0.1) is 6.04 Å². The van der Waals surface area contributed by atoms with Gasteiger partial charge in [0.2, 0.25) is 0 Å². The lowest BCUT2D eigenvalue weighted by atomic mass is 10.1. The molecule has 0 radical (unpaired) electrons. The predicted octanol–water partition coefficient (Wildman–Crippen LogP) is 3.03. The number of nitriles is 1. The molecule has 2 heterocycles. The van der Waals surface area contributed by atoms with Crippen molar-refractivity contribution in [2.24, 2.45) is 0 Å². The zero-order valence-electron chi connectivity index (χ0n) is 12.1. The highest BCUT2D eigenvalue weighted by molar-refractivity contribution is 5.69. The summed E-state index contributed by atoms with van der Waals surface area (Å²) in [6, 6.07) is 5.60. The second-order valence-corrected chi connectivity index (χ2v) is 5.92. The second-order valence-electron chi connectivity index (χ2n) is 5.92. The maximum atomic E-state index is 12.2. The van der Waals surface area contributed by atoms with Gasteiger partial charge in [-0.05, 0) is 51.3 Å². The molecule has 0 aromatic carbocycles. The van der Waals surface area contributed by atoms with E-state index in [1.807, 2.05) is 32.9 Å². The summed E-state index contributed by atoms with van der Waals surface area (Å²) in [5, 5.41) is 8.92. The highest BCUT2D eigenvalue weighted by atomic mass is 16.6. The van der Waals surface area contributed by atoms with Gasteiger partial charge in [0.25, 0.3) is 0 Å². The van der Waals surface area contributed by atoms with Crippen molar-refractivity contribution in [1.82, 2.24) is 9.88 Å². The van der Waals surface area contributed by atoms with Crippen molar-refractivity contribution in [2.45, 2.75) is 45.3 Å². The Bertz CT molecular complexity index is 543. The van der Waals surface area contributed by atoms with Crippen LogP contribution in [-0.2, 0) is 4.74 Å². The molecule has 1 saturated heterocycles. The van der Waals surface area contributed by atoms with Crippen molar-refractivity contribution in [3.05, 3.63) is 29.6 Å². The molecule has 1 aromatic heterocycles. The number of likely N-dealkylation sites (tertiary alicyclic amines) is 1. The number of hydrogen-bond acceptors (Lipinski definition) is 4. The van der Waals surface area contributed by atoms with Gasteiger partial charge >= 0.3 is 6.09 Å². The molecule has 1 unspecified atom stereocenters. The molecule has 0 spiro atoms. The third-order valence-corrected chi connectivity index (χ3v) is 3.16. The van der Waals surface area contributed by atoms with Crippen LogP contribution in [-0.4, -0.2) is 28.1 Å². The standard InChI is InChI=1S/C15H19N3O2/c1-15(2,3)20-14(19)18-8-4-5-13(18)11-6-7-17-12(9-11)10-16/h6-7,9,13H,4-5,8H2,1-3H3. The molecule has 1 fully saturated rings. The van der Waals surface area contributed by atoms with E-state index in [9.17, 15) is 4.79 Å². The summed E-state index contributed by atoms with van der Waals surface area (Å²) in [6.45, 7) is 6.26. The summed E-state index contributed by atoms with van der Waals surface area (Å²) >= 11 is 0. The Morgan fingerprint density at radius 2 is 2.30 bits per heavy atom. The molecule has 1 aliphatic heterocycles. The van der Waals surface area contributed by atoms with E-state index in [1.54, 1.807) is 17.2 Å². The fourth-order valence-electron chi connectivity index (χ4n) is 2.37. The molecule has 0 aliphatic carbocycles. The maximum Gasteiger partial charge on any atom is 0.410 e. The lowest BCUT2D eigenvalue weighted by molar-refractivity contribution is 0.0224. The average Bonchev–Trinajstić information content (AvgIpc) is 2.86. The van der Waals surface area contributed by atoms with Gasteiger partial charge in [0.1, 0.15) is 17.4 Å². The summed E-state index contributed by atoms with van der Waals surface area (Å²) in [4.78, 5) is 17.9. The van der Waals surface area contributed by atoms with Gasteiger partial charge in [0, 0.05) is 12.7 Å². The molecular weight excluding hydrogens is 254 g/mol. The maximum absolute atomic E-state index is 12.2. The molecule has 1 aromatic rings. The summed E-state index contributed by atoms with van der Waals surface area (Å²) in [5.74, 6) is 0. The molecule has 1 atom stereocenters. The van der Waals surface area contributed by atoms with Crippen molar-refractivity contribution < 1.29 is 9.53 Å². The normalized spacial score (nSPS) is 18.7. The molecular formula is C15H19N3O2. The molecule has 1 amide bonds. The van der Waals surface area contributed by atoms with Crippen LogP contribution >= 0.6 is 0 Å². The van der Waals surface area contributed by atoms with E-state index in [1.165, 1.54) is 0 Å². The number of amides is 1. The number of aromatic nitrogens is 1. The quantitative estimate of drug-likeness (QED) is 0.788. The fraction of sp³-hybridized carbons (Fsp3) is 0.533. The van der Waals surface area contributed by atoms with Crippen LogP contribution in [0.25, 0.3) is 0 Å². The lowest BCUT2D eigenvalue weighted by Crippen LogP contribution is -2.36.